The van der Waals surface area contributed by atoms with Gasteiger partial charge in [0.05, 0.1) is 31.6 Å². The van der Waals surface area contributed by atoms with Crippen molar-refractivity contribution in [1.29, 1.82) is 0 Å². The predicted octanol–water partition coefficient (Wildman–Crippen LogP) is 2.30. The molecule has 2 aliphatic rings. The maximum atomic E-state index is 15.1. The molecule has 2 aromatic carbocycles. The Morgan fingerprint density at radius 3 is 2.53 bits per heavy atom. The smallest absolute Gasteiger partial charge is 0.414 e. The van der Waals surface area contributed by atoms with Gasteiger partial charge in [-0.1, -0.05) is 5.16 Å². The van der Waals surface area contributed by atoms with Crippen molar-refractivity contribution in [2.24, 2.45) is 5.16 Å². The molecule has 2 N–H and O–H groups in total. The quantitative estimate of drug-likeness (QED) is 0.326. The number of anilines is 2. The number of halogens is 1. The van der Waals surface area contributed by atoms with Crippen LogP contribution in [0.1, 0.15) is 12.5 Å². The molecule has 11 heteroatoms. The van der Waals surface area contributed by atoms with E-state index in [0.717, 1.165) is 11.3 Å². The minimum absolute atomic E-state index is 0.208. The van der Waals surface area contributed by atoms with E-state index in [2.05, 4.69) is 15.4 Å². The van der Waals surface area contributed by atoms with Crippen LogP contribution in [0.15, 0.2) is 47.6 Å². The number of rotatable bonds is 8. The molecule has 10 nitrogen and oxygen atoms in total. The summed E-state index contributed by atoms with van der Waals surface area (Å²) in [6, 6.07) is 12.0. The van der Waals surface area contributed by atoms with Gasteiger partial charge in [-0.15, -0.1) is 0 Å². The maximum Gasteiger partial charge on any atom is 0.414 e. The number of ether oxygens (including phenoxy) is 2. The fourth-order valence-corrected chi connectivity index (χ4v) is 4.34. The Balaban J connectivity index is 1.33. The first kappa shape index (κ1) is 25.2. The molecule has 0 bridgehead atoms. The van der Waals surface area contributed by atoms with E-state index >= 15 is 4.39 Å². The summed E-state index contributed by atoms with van der Waals surface area (Å²) in [6.07, 6.45) is -1.05. The number of amides is 2. The van der Waals surface area contributed by atoms with Gasteiger partial charge < -0.3 is 24.9 Å². The SMILES string of the molecule is COc1ccc(/C(CN2CCN(c3ccc(N4CC(CNC(C)=O)OC4=O)cc3F)CC2)=N/O)cc1. The Hall–Kier alpha value is -3.86. The van der Waals surface area contributed by atoms with Crippen molar-refractivity contribution in [2.75, 3.05) is 62.7 Å². The summed E-state index contributed by atoms with van der Waals surface area (Å²) in [6.45, 7) is 4.84. The highest BCUT2D eigenvalue weighted by molar-refractivity contribution is 6.01. The zero-order valence-corrected chi connectivity index (χ0v) is 20.3. The second-order valence-corrected chi connectivity index (χ2v) is 8.73. The Morgan fingerprint density at radius 2 is 1.92 bits per heavy atom. The Bertz CT molecular complexity index is 1120. The summed E-state index contributed by atoms with van der Waals surface area (Å²) in [5, 5.41) is 15.6. The van der Waals surface area contributed by atoms with Crippen LogP contribution in [0.2, 0.25) is 0 Å². The van der Waals surface area contributed by atoms with Crippen LogP contribution in [0.5, 0.6) is 5.75 Å². The van der Waals surface area contributed by atoms with Crippen LogP contribution < -0.4 is 19.9 Å². The molecule has 2 aromatic rings. The monoisotopic (exact) mass is 499 g/mol. The topological polar surface area (TPSA) is 107 Å². The molecule has 2 fully saturated rings. The van der Waals surface area contributed by atoms with E-state index in [0.29, 0.717) is 49.8 Å². The molecular formula is C25H30FN5O5. The second kappa shape index (κ2) is 11.3. The summed E-state index contributed by atoms with van der Waals surface area (Å²) in [7, 11) is 1.60. The molecule has 4 rings (SSSR count). The number of nitrogens with zero attached hydrogens (tertiary/aromatic N) is 4. The maximum absolute atomic E-state index is 15.1. The molecule has 0 aromatic heterocycles. The highest BCUT2D eigenvalue weighted by Gasteiger charge is 2.33. The standard InChI is InChI=1S/C25H30FN5O5/c1-17(32)27-14-21-15-31(25(33)36-21)19-5-8-24(22(26)13-19)30-11-9-29(10-12-30)16-23(28-34)18-3-6-20(35-2)7-4-18/h3-8,13,21,34H,9-12,14-16H2,1-2H3,(H,27,32)/b28-23+. The van der Waals surface area contributed by atoms with Crippen LogP contribution >= 0.6 is 0 Å². The predicted molar refractivity (Wildman–Crippen MR) is 133 cm³/mol. The molecule has 36 heavy (non-hydrogen) atoms. The summed E-state index contributed by atoms with van der Waals surface area (Å²) < 4.78 is 25.5. The third-order valence-corrected chi connectivity index (χ3v) is 6.33. The molecule has 1 unspecified atom stereocenters. The van der Waals surface area contributed by atoms with Gasteiger partial charge in [0.25, 0.3) is 0 Å². The molecule has 0 aliphatic carbocycles. The Labute approximate surface area is 208 Å². The number of hydrogen-bond donors (Lipinski definition) is 2. The van der Waals surface area contributed by atoms with Crippen molar-refractivity contribution >= 4 is 29.1 Å². The number of carbonyl (C=O) groups is 2. The van der Waals surface area contributed by atoms with Crippen LogP contribution in [0.3, 0.4) is 0 Å². The third-order valence-electron chi connectivity index (χ3n) is 6.33. The van der Waals surface area contributed by atoms with Crippen molar-refractivity contribution in [1.82, 2.24) is 10.2 Å². The average Bonchev–Trinajstić information content (AvgIpc) is 3.27. The first-order valence-electron chi connectivity index (χ1n) is 11.7. The minimum Gasteiger partial charge on any atom is -0.497 e. The molecule has 1 atom stereocenters. The van der Waals surface area contributed by atoms with Crippen molar-refractivity contribution in [3.05, 3.63) is 53.8 Å². The molecule has 0 saturated carbocycles. The van der Waals surface area contributed by atoms with Gasteiger partial charge in [0.15, 0.2) is 0 Å². The fraction of sp³-hybridized carbons (Fsp3) is 0.400. The highest BCUT2D eigenvalue weighted by Crippen LogP contribution is 2.28. The number of carbonyl (C=O) groups excluding carboxylic acids is 2. The molecule has 2 saturated heterocycles. The number of hydrogen-bond acceptors (Lipinski definition) is 8. The van der Waals surface area contributed by atoms with Gasteiger partial charge in [-0.25, -0.2) is 9.18 Å². The lowest BCUT2D eigenvalue weighted by atomic mass is 10.1. The normalized spacial score (nSPS) is 18.8. The van der Waals surface area contributed by atoms with E-state index in [1.165, 1.54) is 17.9 Å². The van der Waals surface area contributed by atoms with Gasteiger partial charge in [0.1, 0.15) is 23.4 Å². The van der Waals surface area contributed by atoms with Gasteiger partial charge in [0.2, 0.25) is 5.91 Å². The molecule has 0 radical (unpaired) electrons. The van der Waals surface area contributed by atoms with Crippen molar-refractivity contribution in [2.45, 2.75) is 13.0 Å². The first-order chi connectivity index (χ1) is 17.4. The lowest BCUT2D eigenvalue weighted by Crippen LogP contribution is -2.48. The van der Waals surface area contributed by atoms with Crippen LogP contribution in [-0.2, 0) is 9.53 Å². The van der Waals surface area contributed by atoms with E-state index in [4.69, 9.17) is 9.47 Å². The minimum atomic E-state index is -0.565. The Morgan fingerprint density at radius 1 is 1.19 bits per heavy atom. The van der Waals surface area contributed by atoms with Crippen LogP contribution in [0.4, 0.5) is 20.6 Å². The van der Waals surface area contributed by atoms with Crippen LogP contribution in [0, 0.1) is 5.82 Å². The highest BCUT2D eigenvalue weighted by atomic mass is 19.1. The van der Waals surface area contributed by atoms with Crippen LogP contribution in [0.25, 0.3) is 0 Å². The summed E-state index contributed by atoms with van der Waals surface area (Å²) in [5.74, 6) is 0.0969. The Kier molecular flexibility index (Phi) is 7.89. The summed E-state index contributed by atoms with van der Waals surface area (Å²) >= 11 is 0. The fourth-order valence-electron chi connectivity index (χ4n) is 4.34. The number of benzene rings is 2. The zero-order chi connectivity index (χ0) is 25.7. The third kappa shape index (κ3) is 5.85. The lowest BCUT2D eigenvalue weighted by molar-refractivity contribution is -0.119. The van der Waals surface area contributed by atoms with E-state index in [1.807, 2.05) is 29.2 Å². The van der Waals surface area contributed by atoms with Gasteiger partial charge >= 0.3 is 6.09 Å². The first-order valence-corrected chi connectivity index (χ1v) is 11.7. The lowest BCUT2D eigenvalue weighted by Gasteiger charge is -2.36. The number of nitrogens with one attached hydrogen (secondary N) is 1. The van der Waals surface area contributed by atoms with Crippen molar-refractivity contribution in [3.63, 3.8) is 0 Å². The molecule has 192 valence electrons. The van der Waals surface area contributed by atoms with Crippen molar-refractivity contribution < 1.29 is 28.7 Å². The number of methoxy groups -OCH3 is 1. The van der Waals surface area contributed by atoms with Gasteiger partial charge in [0, 0.05) is 45.2 Å². The zero-order valence-electron chi connectivity index (χ0n) is 20.3. The molecule has 0 spiro atoms. The van der Waals surface area contributed by atoms with E-state index < -0.39 is 18.0 Å². The van der Waals surface area contributed by atoms with Crippen LogP contribution in [-0.4, -0.2) is 86.8 Å². The largest absolute Gasteiger partial charge is 0.497 e. The van der Waals surface area contributed by atoms with E-state index in [1.54, 1.807) is 19.2 Å². The summed E-state index contributed by atoms with van der Waals surface area (Å²) in [4.78, 5) is 28.8. The number of cyclic esters (lactones) is 1. The second-order valence-electron chi connectivity index (χ2n) is 8.73. The van der Waals surface area contributed by atoms with Crippen molar-refractivity contribution in [3.8, 4) is 5.75 Å². The number of oxime groups is 1. The molecule has 2 aliphatic heterocycles. The molecule has 2 amide bonds. The number of piperazine rings is 1. The average molecular weight is 500 g/mol. The molecular weight excluding hydrogens is 469 g/mol. The van der Waals surface area contributed by atoms with Gasteiger partial charge in [-0.05, 0) is 42.5 Å². The van der Waals surface area contributed by atoms with Gasteiger partial charge in [-0.2, -0.15) is 0 Å². The summed E-state index contributed by atoms with van der Waals surface area (Å²) in [5.41, 5.74) is 2.23. The van der Waals surface area contributed by atoms with Gasteiger partial charge in [-0.3, -0.25) is 14.6 Å². The van der Waals surface area contributed by atoms with E-state index in [9.17, 15) is 14.8 Å². The molecule has 2 heterocycles. The van der Waals surface area contributed by atoms with E-state index in [-0.39, 0.29) is 19.0 Å².